The minimum absolute atomic E-state index is 0.239. The molecule has 0 unspecified atom stereocenters. The number of rotatable bonds is 4. The summed E-state index contributed by atoms with van der Waals surface area (Å²) in [4.78, 5) is 23.5. The summed E-state index contributed by atoms with van der Waals surface area (Å²) in [5.74, 6) is -1.14. The molecule has 2 rings (SSSR count). The van der Waals surface area contributed by atoms with E-state index in [1.165, 1.54) is 18.3 Å². The fraction of sp³-hybridized carbons (Fsp3) is 0.0625. The summed E-state index contributed by atoms with van der Waals surface area (Å²) in [6, 6.07) is 11.5. The number of amides is 2. The molecule has 0 heterocycles. The molecule has 0 aliphatic heterocycles. The first-order valence-electron chi connectivity index (χ1n) is 6.73. The molecule has 0 bridgehead atoms. The fourth-order valence-electron chi connectivity index (χ4n) is 1.68. The first kappa shape index (κ1) is 17.8. The molecule has 8 heteroatoms. The van der Waals surface area contributed by atoms with E-state index in [9.17, 15) is 9.59 Å². The fourth-order valence-corrected chi connectivity index (χ4v) is 2.02. The van der Waals surface area contributed by atoms with E-state index in [0.717, 1.165) is 5.56 Å². The van der Waals surface area contributed by atoms with Crippen molar-refractivity contribution < 1.29 is 14.3 Å². The Morgan fingerprint density at radius 3 is 2.46 bits per heavy atom. The van der Waals surface area contributed by atoms with Gasteiger partial charge in [0.15, 0.2) is 0 Å². The number of nitrogens with zero attached hydrogens (tertiary/aromatic N) is 1. The number of anilines is 1. The van der Waals surface area contributed by atoms with Gasteiger partial charge in [-0.3, -0.25) is 9.59 Å². The van der Waals surface area contributed by atoms with Crippen LogP contribution in [0.2, 0.25) is 10.0 Å². The smallest absolute Gasteiger partial charge is 0.329 e. The Morgan fingerprint density at radius 1 is 1.08 bits per heavy atom. The summed E-state index contributed by atoms with van der Waals surface area (Å²) in [6.45, 7) is 0. The van der Waals surface area contributed by atoms with Crippen molar-refractivity contribution in [1.29, 1.82) is 0 Å². The van der Waals surface area contributed by atoms with E-state index >= 15 is 0 Å². The highest BCUT2D eigenvalue weighted by Gasteiger charge is 2.14. The number of hydrazone groups is 1. The molecule has 2 aromatic carbocycles. The Balaban J connectivity index is 1.92. The largest absolute Gasteiger partial charge is 0.497 e. The van der Waals surface area contributed by atoms with Crippen LogP contribution in [0.4, 0.5) is 5.69 Å². The van der Waals surface area contributed by atoms with Crippen molar-refractivity contribution >= 4 is 46.9 Å². The van der Waals surface area contributed by atoms with Crippen molar-refractivity contribution in [1.82, 2.24) is 5.43 Å². The zero-order valence-electron chi connectivity index (χ0n) is 12.5. The molecule has 0 aromatic heterocycles. The van der Waals surface area contributed by atoms with E-state index in [4.69, 9.17) is 27.9 Å². The van der Waals surface area contributed by atoms with Crippen molar-refractivity contribution in [3.63, 3.8) is 0 Å². The monoisotopic (exact) mass is 365 g/mol. The highest BCUT2D eigenvalue weighted by atomic mass is 35.5. The maximum atomic E-state index is 11.8. The zero-order chi connectivity index (χ0) is 17.5. The van der Waals surface area contributed by atoms with E-state index in [2.05, 4.69) is 15.8 Å². The highest BCUT2D eigenvalue weighted by molar-refractivity contribution is 6.42. The minimum atomic E-state index is -0.934. The Kier molecular flexibility index (Phi) is 6.17. The van der Waals surface area contributed by atoms with E-state index < -0.39 is 11.8 Å². The number of hydrogen-bond acceptors (Lipinski definition) is 4. The molecule has 0 aliphatic carbocycles. The summed E-state index contributed by atoms with van der Waals surface area (Å²) in [6.07, 6.45) is 1.40. The van der Waals surface area contributed by atoms with Gasteiger partial charge >= 0.3 is 11.8 Å². The van der Waals surface area contributed by atoms with Gasteiger partial charge in [-0.15, -0.1) is 0 Å². The average Bonchev–Trinajstić information content (AvgIpc) is 2.58. The highest BCUT2D eigenvalue weighted by Crippen LogP contribution is 2.25. The summed E-state index contributed by atoms with van der Waals surface area (Å²) in [5.41, 5.74) is 3.10. The van der Waals surface area contributed by atoms with Gasteiger partial charge in [-0.1, -0.05) is 23.2 Å². The molecule has 24 heavy (non-hydrogen) atoms. The normalized spacial score (nSPS) is 10.5. The predicted molar refractivity (Wildman–Crippen MR) is 93.8 cm³/mol. The van der Waals surface area contributed by atoms with Crippen LogP contribution in [-0.4, -0.2) is 25.1 Å². The van der Waals surface area contributed by atoms with Crippen LogP contribution >= 0.6 is 23.2 Å². The lowest BCUT2D eigenvalue weighted by Gasteiger charge is -2.06. The maximum absolute atomic E-state index is 11.8. The third kappa shape index (κ3) is 4.97. The second-order valence-corrected chi connectivity index (χ2v) is 5.39. The molecule has 124 valence electrons. The molecule has 2 N–H and O–H groups in total. The van der Waals surface area contributed by atoms with Gasteiger partial charge in [0, 0.05) is 5.02 Å². The SMILES string of the molecule is COc1ccc(C=NNC(=O)C(=O)Nc2cc(Cl)ccc2Cl)cc1. The molecule has 0 spiro atoms. The van der Waals surface area contributed by atoms with Crippen LogP contribution in [0.15, 0.2) is 47.6 Å². The molecule has 0 atom stereocenters. The van der Waals surface area contributed by atoms with Crippen molar-refractivity contribution in [2.75, 3.05) is 12.4 Å². The molecule has 6 nitrogen and oxygen atoms in total. The molecular weight excluding hydrogens is 353 g/mol. The number of halogens is 2. The Hall–Kier alpha value is -2.57. The van der Waals surface area contributed by atoms with E-state index in [1.807, 2.05) is 0 Å². The number of hydrogen-bond donors (Lipinski definition) is 2. The van der Waals surface area contributed by atoms with Gasteiger partial charge in [0.2, 0.25) is 0 Å². The van der Waals surface area contributed by atoms with Gasteiger partial charge in [-0.2, -0.15) is 5.10 Å². The van der Waals surface area contributed by atoms with E-state index in [1.54, 1.807) is 37.4 Å². The van der Waals surface area contributed by atoms with Crippen LogP contribution in [0.3, 0.4) is 0 Å². The summed E-state index contributed by atoms with van der Waals surface area (Å²) >= 11 is 11.7. The second-order valence-electron chi connectivity index (χ2n) is 4.55. The molecule has 0 radical (unpaired) electrons. The lowest BCUT2D eigenvalue weighted by atomic mass is 10.2. The second kappa shape index (κ2) is 8.33. The number of nitrogens with one attached hydrogen (secondary N) is 2. The van der Waals surface area contributed by atoms with Gasteiger partial charge in [0.05, 0.1) is 24.0 Å². The van der Waals surface area contributed by atoms with Gasteiger partial charge < -0.3 is 10.1 Å². The molecule has 2 amide bonds. The lowest BCUT2D eigenvalue weighted by Crippen LogP contribution is -2.32. The minimum Gasteiger partial charge on any atom is -0.497 e. The quantitative estimate of drug-likeness (QED) is 0.496. The predicted octanol–water partition coefficient (Wildman–Crippen LogP) is 3.09. The summed E-state index contributed by atoms with van der Waals surface area (Å²) in [7, 11) is 1.56. The third-order valence-corrected chi connectivity index (χ3v) is 3.44. The average molecular weight is 366 g/mol. The maximum Gasteiger partial charge on any atom is 0.329 e. The number of carbonyl (C=O) groups is 2. The molecule has 0 aliphatic rings. The first-order valence-corrected chi connectivity index (χ1v) is 7.48. The molecule has 0 fully saturated rings. The van der Waals surface area contributed by atoms with Crippen molar-refractivity contribution in [2.24, 2.45) is 5.10 Å². The van der Waals surface area contributed by atoms with Crippen LogP contribution in [-0.2, 0) is 9.59 Å². The van der Waals surface area contributed by atoms with Crippen LogP contribution in [0.25, 0.3) is 0 Å². The van der Waals surface area contributed by atoms with Gasteiger partial charge in [0.1, 0.15) is 5.75 Å². The Bertz CT molecular complexity index is 777. The standard InChI is InChI=1S/C16H13Cl2N3O3/c1-24-12-5-2-10(3-6-12)9-19-21-16(23)15(22)20-14-8-11(17)4-7-13(14)18/h2-9H,1H3,(H,20,22)(H,21,23). The first-order chi connectivity index (χ1) is 11.5. The van der Waals surface area contributed by atoms with Gasteiger partial charge in [-0.05, 0) is 48.0 Å². The zero-order valence-corrected chi connectivity index (χ0v) is 14.1. The van der Waals surface area contributed by atoms with Crippen LogP contribution in [0.1, 0.15) is 5.56 Å². The number of carbonyl (C=O) groups excluding carboxylic acids is 2. The van der Waals surface area contributed by atoms with Crippen LogP contribution in [0.5, 0.6) is 5.75 Å². The topological polar surface area (TPSA) is 79.8 Å². The van der Waals surface area contributed by atoms with Crippen molar-refractivity contribution in [3.05, 3.63) is 58.1 Å². The summed E-state index contributed by atoms with van der Waals surface area (Å²) in [5, 5.41) is 6.72. The Morgan fingerprint density at radius 2 is 1.79 bits per heavy atom. The third-order valence-electron chi connectivity index (χ3n) is 2.88. The van der Waals surface area contributed by atoms with E-state index in [0.29, 0.717) is 10.8 Å². The van der Waals surface area contributed by atoms with Crippen molar-refractivity contribution in [3.8, 4) is 5.75 Å². The van der Waals surface area contributed by atoms with Gasteiger partial charge in [-0.25, -0.2) is 5.43 Å². The van der Waals surface area contributed by atoms with E-state index in [-0.39, 0.29) is 10.7 Å². The number of ether oxygens (including phenoxy) is 1. The number of benzene rings is 2. The molecule has 0 saturated heterocycles. The molecule has 0 saturated carbocycles. The molecular formula is C16H13Cl2N3O3. The number of methoxy groups -OCH3 is 1. The van der Waals surface area contributed by atoms with Crippen LogP contribution in [0, 0.1) is 0 Å². The molecule has 2 aromatic rings. The van der Waals surface area contributed by atoms with Gasteiger partial charge in [0.25, 0.3) is 0 Å². The Labute approximate surface area is 148 Å². The lowest BCUT2D eigenvalue weighted by molar-refractivity contribution is -0.136. The summed E-state index contributed by atoms with van der Waals surface area (Å²) < 4.78 is 5.03. The van der Waals surface area contributed by atoms with Crippen LogP contribution < -0.4 is 15.5 Å². The van der Waals surface area contributed by atoms with Crippen molar-refractivity contribution in [2.45, 2.75) is 0 Å².